The summed E-state index contributed by atoms with van der Waals surface area (Å²) in [7, 11) is -0.579. The van der Waals surface area contributed by atoms with E-state index in [0.29, 0.717) is 10.7 Å². The monoisotopic (exact) mass is 238 g/mol. The van der Waals surface area contributed by atoms with Crippen LogP contribution in [0.1, 0.15) is 40.3 Å². The van der Waals surface area contributed by atoms with Gasteiger partial charge in [0.25, 0.3) is 0 Å². The zero-order valence-electron chi connectivity index (χ0n) is 10.9. The fraction of sp³-hybridized carbons (Fsp3) is 0.583. The van der Waals surface area contributed by atoms with Gasteiger partial charge in [-0.25, -0.2) is 0 Å². The Morgan fingerprint density at radius 2 is 1.81 bits per heavy atom. The molecule has 0 spiro atoms. The van der Waals surface area contributed by atoms with Crippen molar-refractivity contribution in [2.24, 2.45) is 0 Å². The molecule has 1 rings (SSSR count). The first-order valence-electron chi connectivity index (χ1n) is 5.57. The van der Waals surface area contributed by atoms with Crippen molar-refractivity contribution < 1.29 is 4.43 Å². The maximum Gasteiger partial charge on any atom is 0.168 e. The molecular formula is C12H22N2OSi. The van der Waals surface area contributed by atoms with Crippen LogP contribution in [0.25, 0.3) is 0 Å². The van der Waals surface area contributed by atoms with Gasteiger partial charge in [-0.15, -0.1) is 0 Å². The van der Waals surface area contributed by atoms with Crippen molar-refractivity contribution in [1.82, 2.24) is 4.98 Å². The predicted octanol–water partition coefficient (Wildman–Crippen LogP) is 2.22. The second-order valence-corrected chi connectivity index (χ2v) is 8.54. The first-order valence-corrected chi connectivity index (χ1v) is 6.85. The average Bonchev–Trinajstić information content (AvgIpc) is 2.15. The Bertz CT molecular complexity index is 341. The van der Waals surface area contributed by atoms with Gasteiger partial charge in [-0.05, 0) is 31.0 Å². The molecule has 0 aromatic carbocycles. The number of hydrogen-bond donors (Lipinski definition) is 1. The Labute approximate surface area is 100 Å². The van der Waals surface area contributed by atoms with Crippen LogP contribution in [0.5, 0.6) is 0 Å². The van der Waals surface area contributed by atoms with Gasteiger partial charge in [0.2, 0.25) is 0 Å². The Hall–Kier alpha value is -0.873. The zero-order chi connectivity index (χ0) is 12.4. The van der Waals surface area contributed by atoms with Gasteiger partial charge < -0.3 is 10.2 Å². The summed E-state index contributed by atoms with van der Waals surface area (Å²) in [6, 6.07) is 3.80. The second kappa shape index (κ2) is 4.55. The summed E-state index contributed by atoms with van der Waals surface area (Å²) in [6.07, 6.45) is 1.68. The molecule has 1 aromatic rings. The van der Waals surface area contributed by atoms with Crippen LogP contribution in [0.4, 0.5) is 5.69 Å². The number of pyridine rings is 1. The maximum atomic E-state index is 6.06. The highest BCUT2D eigenvalue weighted by Crippen LogP contribution is 2.28. The maximum absolute atomic E-state index is 6.06. The van der Waals surface area contributed by atoms with E-state index in [2.05, 4.69) is 39.6 Å². The molecule has 0 atom stereocenters. The molecule has 0 fully saturated rings. The molecule has 4 heteroatoms. The number of nitrogen functional groups attached to an aromatic ring is 1. The SMILES string of the molecule is CC(C)(C)[SiH2]OC(C)(C)c1ccc(N)cn1. The van der Waals surface area contributed by atoms with Crippen LogP contribution in [0.15, 0.2) is 18.3 Å². The lowest BCUT2D eigenvalue weighted by Crippen LogP contribution is -2.28. The van der Waals surface area contributed by atoms with Crippen molar-refractivity contribution in [2.75, 3.05) is 5.73 Å². The lowest BCUT2D eigenvalue weighted by molar-refractivity contribution is 0.104. The van der Waals surface area contributed by atoms with Gasteiger partial charge >= 0.3 is 0 Å². The lowest BCUT2D eigenvalue weighted by atomic mass is 10.1. The highest BCUT2D eigenvalue weighted by atomic mass is 28.2. The highest BCUT2D eigenvalue weighted by molar-refractivity contribution is 6.31. The normalized spacial score (nSPS) is 13.6. The topological polar surface area (TPSA) is 48.1 Å². The molecule has 1 aromatic heterocycles. The first-order chi connectivity index (χ1) is 7.21. The van der Waals surface area contributed by atoms with Crippen LogP contribution in [0.3, 0.4) is 0 Å². The number of aromatic nitrogens is 1. The van der Waals surface area contributed by atoms with E-state index in [1.54, 1.807) is 6.20 Å². The summed E-state index contributed by atoms with van der Waals surface area (Å²) in [5.74, 6) is 0. The molecule has 0 radical (unpaired) electrons. The van der Waals surface area contributed by atoms with Gasteiger partial charge in [-0.3, -0.25) is 4.98 Å². The quantitative estimate of drug-likeness (QED) is 0.821. The molecule has 16 heavy (non-hydrogen) atoms. The van der Waals surface area contributed by atoms with Gasteiger partial charge in [0.05, 0.1) is 23.2 Å². The lowest BCUT2D eigenvalue weighted by Gasteiger charge is -2.29. The average molecular weight is 238 g/mol. The van der Waals surface area contributed by atoms with Crippen molar-refractivity contribution in [3.05, 3.63) is 24.0 Å². The molecule has 3 nitrogen and oxygen atoms in total. The fourth-order valence-corrected chi connectivity index (χ4v) is 2.17. The summed E-state index contributed by atoms with van der Waals surface area (Å²) < 4.78 is 6.06. The van der Waals surface area contributed by atoms with E-state index in [1.807, 2.05) is 12.1 Å². The van der Waals surface area contributed by atoms with Crippen LogP contribution in [0, 0.1) is 0 Å². The van der Waals surface area contributed by atoms with Crippen LogP contribution in [0.2, 0.25) is 5.04 Å². The Morgan fingerprint density at radius 1 is 1.19 bits per heavy atom. The van der Waals surface area contributed by atoms with E-state index < -0.39 is 9.76 Å². The fourth-order valence-electron chi connectivity index (χ4n) is 1.23. The van der Waals surface area contributed by atoms with Crippen LogP contribution >= 0.6 is 0 Å². The third kappa shape index (κ3) is 3.94. The molecule has 0 saturated heterocycles. The minimum absolute atomic E-state index is 0.297. The molecule has 0 saturated carbocycles. The minimum atomic E-state index is -0.579. The molecule has 0 aliphatic heterocycles. The Morgan fingerprint density at radius 3 is 2.25 bits per heavy atom. The molecule has 0 unspecified atom stereocenters. The van der Waals surface area contributed by atoms with E-state index in [9.17, 15) is 0 Å². The third-order valence-electron chi connectivity index (χ3n) is 2.27. The zero-order valence-corrected chi connectivity index (χ0v) is 12.3. The van der Waals surface area contributed by atoms with Crippen molar-refractivity contribution >= 4 is 15.5 Å². The van der Waals surface area contributed by atoms with Crippen molar-refractivity contribution in [3.63, 3.8) is 0 Å². The van der Waals surface area contributed by atoms with E-state index in [0.717, 1.165) is 5.69 Å². The van der Waals surface area contributed by atoms with Crippen LogP contribution < -0.4 is 5.73 Å². The first kappa shape index (κ1) is 13.2. The van der Waals surface area contributed by atoms with E-state index in [4.69, 9.17) is 10.2 Å². The number of nitrogens with two attached hydrogens (primary N) is 1. The Kier molecular flexibility index (Phi) is 3.75. The summed E-state index contributed by atoms with van der Waals surface area (Å²) in [5.41, 5.74) is 6.94. The molecule has 0 aliphatic rings. The van der Waals surface area contributed by atoms with Gasteiger partial charge in [-0.1, -0.05) is 20.8 Å². The Balaban J connectivity index is 2.73. The van der Waals surface area contributed by atoms with E-state index >= 15 is 0 Å². The smallest absolute Gasteiger partial charge is 0.168 e. The minimum Gasteiger partial charge on any atom is -0.413 e. The largest absolute Gasteiger partial charge is 0.413 e. The molecule has 1 heterocycles. The van der Waals surface area contributed by atoms with Crippen LogP contribution in [-0.2, 0) is 10.0 Å². The predicted molar refractivity (Wildman–Crippen MR) is 71.0 cm³/mol. The summed E-state index contributed by atoms with van der Waals surface area (Å²) in [5, 5.41) is 0.297. The standard InChI is InChI=1S/C12H22N2OSi/c1-11(2,3)16-15-12(4,5)10-7-6-9(13)8-14-10/h6-8H,13,16H2,1-5H3. The number of hydrogen-bond acceptors (Lipinski definition) is 3. The summed E-state index contributed by atoms with van der Waals surface area (Å²) in [6.45, 7) is 10.8. The van der Waals surface area contributed by atoms with Crippen molar-refractivity contribution in [3.8, 4) is 0 Å². The highest BCUT2D eigenvalue weighted by Gasteiger charge is 2.25. The molecule has 0 amide bonds. The summed E-state index contributed by atoms with van der Waals surface area (Å²) >= 11 is 0. The molecule has 0 aliphatic carbocycles. The second-order valence-electron chi connectivity index (χ2n) is 5.84. The third-order valence-corrected chi connectivity index (χ3v) is 4.00. The van der Waals surface area contributed by atoms with Crippen molar-refractivity contribution in [2.45, 2.75) is 45.3 Å². The number of nitrogens with zero attached hydrogens (tertiary/aromatic N) is 1. The molecule has 90 valence electrons. The van der Waals surface area contributed by atoms with Gasteiger partial charge in [0.15, 0.2) is 9.76 Å². The van der Waals surface area contributed by atoms with Gasteiger partial charge in [0.1, 0.15) is 0 Å². The van der Waals surface area contributed by atoms with E-state index in [-0.39, 0.29) is 5.60 Å². The number of rotatable bonds is 3. The van der Waals surface area contributed by atoms with E-state index in [1.165, 1.54) is 0 Å². The molecular weight excluding hydrogens is 216 g/mol. The molecule has 0 bridgehead atoms. The molecule has 2 N–H and O–H groups in total. The number of anilines is 1. The van der Waals surface area contributed by atoms with Gasteiger partial charge in [0, 0.05) is 0 Å². The van der Waals surface area contributed by atoms with Crippen molar-refractivity contribution in [1.29, 1.82) is 0 Å². The summed E-state index contributed by atoms with van der Waals surface area (Å²) in [4.78, 5) is 4.32. The van der Waals surface area contributed by atoms with Crippen LogP contribution in [-0.4, -0.2) is 14.7 Å². The van der Waals surface area contributed by atoms with Gasteiger partial charge in [-0.2, -0.15) is 0 Å².